The molecule has 3 N–H and O–H groups in total. The van der Waals surface area contributed by atoms with Crippen LogP contribution in [-0.2, 0) is 4.79 Å². The highest BCUT2D eigenvalue weighted by atomic mass is 32.2. The van der Waals surface area contributed by atoms with E-state index in [1.165, 1.54) is 16.4 Å². The summed E-state index contributed by atoms with van der Waals surface area (Å²) in [6, 6.07) is 9.88. The molecule has 0 radical (unpaired) electrons. The largest absolute Gasteiger partial charge is 0.335 e. The van der Waals surface area contributed by atoms with Crippen molar-refractivity contribution in [3.63, 3.8) is 0 Å². The Balaban J connectivity index is 1.70. The van der Waals surface area contributed by atoms with Gasteiger partial charge in [-0.1, -0.05) is 48.5 Å². The molecule has 0 saturated heterocycles. The van der Waals surface area contributed by atoms with Crippen LogP contribution in [0.15, 0.2) is 41.7 Å². The maximum atomic E-state index is 12.6. The molecule has 0 aliphatic heterocycles. The van der Waals surface area contributed by atoms with Crippen molar-refractivity contribution in [3.05, 3.63) is 42.1 Å². The Bertz CT molecular complexity index is 948. The number of nitrogens with two attached hydrogens (primary N) is 1. The number of carbonyl (C=O) groups excluding carboxylic acids is 1. The number of nitrogens with one attached hydrogen (secondary N) is 1. The van der Waals surface area contributed by atoms with Crippen LogP contribution in [0.3, 0.4) is 0 Å². The van der Waals surface area contributed by atoms with E-state index in [-0.39, 0.29) is 11.9 Å². The molecule has 2 atom stereocenters. The lowest BCUT2D eigenvalue weighted by Crippen LogP contribution is -2.25. The number of amides is 1. The zero-order valence-electron chi connectivity index (χ0n) is 16.5. The van der Waals surface area contributed by atoms with Gasteiger partial charge in [-0.15, -0.1) is 10.2 Å². The van der Waals surface area contributed by atoms with Crippen LogP contribution in [0.4, 0.5) is 5.82 Å². The second kappa shape index (κ2) is 8.47. The molecule has 0 spiro atoms. The second-order valence-electron chi connectivity index (χ2n) is 6.71. The van der Waals surface area contributed by atoms with Gasteiger partial charge in [0.25, 0.3) is 0 Å². The molecular formula is C19H25N7OS. The van der Waals surface area contributed by atoms with Crippen LogP contribution in [0, 0.1) is 6.92 Å². The summed E-state index contributed by atoms with van der Waals surface area (Å²) in [5, 5.41) is 15.6. The standard InChI is InChI=1S/C19H25N7OS/c1-5-13(3)26-16(10-11-21-26)22-18(27)14(4)28-19-24-23-17(25(19)20)15-8-6-12(2)7-9-15/h6-11,13-14H,5,20H2,1-4H3,(H,22,27)/t13-,14+/m0/s1. The number of aromatic nitrogens is 5. The van der Waals surface area contributed by atoms with Crippen LogP contribution in [0.5, 0.6) is 0 Å². The zero-order chi connectivity index (χ0) is 20.3. The molecule has 3 rings (SSSR count). The maximum absolute atomic E-state index is 12.6. The molecule has 1 aromatic carbocycles. The molecule has 0 saturated carbocycles. The molecule has 0 fully saturated rings. The van der Waals surface area contributed by atoms with Gasteiger partial charge in [0, 0.05) is 11.6 Å². The minimum absolute atomic E-state index is 0.144. The first kappa shape index (κ1) is 19.9. The van der Waals surface area contributed by atoms with Gasteiger partial charge in [0.1, 0.15) is 5.82 Å². The lowest BCUT2D eigenvalue weighted by Gasteiger charge is -2.16. The van der Waals surface area contributed by atoms with Crippen molar-refractivity contribution in [1.82, 2.24) is 24.7 Å². The number of benzene rings is 1. The molecular weight excluding hydrogens is 374 g/mol. The van der Waals surface area contributed by atoms with E-state index in [1.807, 2.05) is 42.8 Å². The van der Waals surface area contributed by atoms with Crippen molar-refractivity contribution in [3.8, 4) is 11.4 Å². The highest BCUT2D eigenvalue weighted by Crippen LogP contribution is 2.26. The van der Waals surface area contributed by atoms with Crippen LogP contribution < -0.4 is 11.2 Å². The molecule has 8 nitrogen and oxygen atoms in total. The zero-order valence-corrected chi connectivity index (χ0v) is 17.3. The maximum Gasteiger partial charge on any atom is 0.238 e. The first-order valence-corrected chi connectivity index (χ1v) is 10.1. The smallest absolute Gasteiger partial charge is 0.238 e. The lowest BCUT2D eigenvalue weighted by atomic mass is 10.1. The fraction of sp³-hybridized carbons (Fsp3) is 0.368. The molecule has 1 amide bonds. The van der Waals surface area contributed by atoms with Gasteiger partial charge in [0.05, 0.1) is 17.5 Å². The number of nitrogen functional groups attached to an aromatic ring is 1. The van der Waals surface area contributed by atoms with Crippen molar-refractivity contribution in [2.24, 2.45) is 0 Å². The van der Waals surface area contributed by atoms with Crippen LogP contribution in [-0.4, -0.2) is 35.8 Å². The van der Waals surface area contributed by atoms with E-state index in [4.69, 9.17) is 5.84 Å². The Morgan fingerprint density at radius 1 is 1.21 bits per heavy atom. The number of anilines is 1. The number of nitrogens with zero attached hydrogens (tertiary/aromatic N) is 5. The van der Waals surface area contributed by atoms with E-state index in [2.05, 4.69) is 34.5 Å². The topological polar surface area (TPSA) is 104 Å². The predicted molar refractivity (Wildman–Crippen MR) is 112 cm³/mol. The number of aryl methyl sites for hydroxylation is 1. The Morgan fingerprint density at radius 2 is 1.93 bits per heavy atom. The van der Waals surface area contributed by atoms with E-state index in [0.29, 0.717) is 16.8 Å². The molecule has 2 heterocycles. The molecule has 0 aliphatic rings. The third-order valence-electron chi connectivity index (χ3n) is 4.56. The summed E-state index contributed by atoms with van der Waals surface area (Å²) in [6.07, 6.45) is 2.61. The Labute approximate surface area is 168 Å². The molecule has 0 unspecified atom stereocenters. The quantitative estimate of drug-likeness (QED) is 0.467. The van der Waals surface area contributed by atoms with Gasteiger partial charge in [0.15, 0.2) is 5.82 Å². The van der Waals surface area contributed by atoms with Crippen LogP contribution in [0.25, 0.3) is 11.4 Å². The molecule has 0 bridgehead atoms. The van der Waals surface area contributed by atoms with Gasteiger partial charge in [-0.3, -0.25) is 4.79 Å². The lowest BCUT2D eigenvalue weighted by molar-refractivity contribution is -0.115. The van der Waals surface area contributed by atoms with Gasteiger partial charge in [-0.05, 0) is 27.2 Å². The van der Waals surface area contributed by atoms with Crippen molar-refractivity contribution in [2.45, 2.75) is 50.6 Å². The van der Waals surface area contributed by atoms with E-state index < -0.39 is 5.25 Å². The van der Waals surface area contributed by atoms with E-state index >= 15 is 0 Å². The van der Waals surface area contributed by atoms with Crippen molar-refractivity contribution >= 4 is 23.5 Å². The van der Waals surface area contributed by atoms with Gasteiger partial charge in [-0.2, -0.15) is 5.10 Å². The van der Waals surface area contributed by atoms with E-state index in [0.717, 1.165) is 17.5 Å². The first-order valence-electron chi connectivity index (χ1n) is 9.19. The van der Waals surface area contributed by atoms with Crippen LogP contribution in [0.1, 0.15) is 38.8 Å². The molecule has 2 aromatic heterocycles. The minimum atomic E-state index is -0.405. The van der Waals surface area contributed by atoms with Crippen molar-refractivity contribution < 1.29 is 4.79 Å². The average molecular weight is 400 g/mol. The van der Waals surface area contributed by atoms with Crippen LogP contribution >= 0.6 is 11.8 Å². The molecule has 28 heavy (non-hydrogen) atoms. The molecule has 148 valence electrons. The van der Waals surface area contributed by atoms with Crippen molar-refractivity contribution in [1.29, 1.82) is 0 Å². The normalized spacial score (nSPS) is 13.3. The first-order chi connectivity index (χ1) is 13.4. The molecule has 3 aromatic rings. The third-order valence-corrected chi connectivity index (χ3v) is 5.61. The highest BCUT2D eigenvalue weighted by Gasteiger charge is 2.21. The molecule has 9 heteroatoms. The average Bonchev–Trinajstić information content (AvgIpc) is 3.29. The second-order valence-corrected chi connectivity index (χ2v) is 8.02. The van der Waals surface area contributed by atoms with Crippen molar-refractivity contribution in [2.75, 3.05) is 11.2 Å². The number of hydrogen-bond donors (Lipinski definition) is 2. The fourth-order valence-corrected chi connectivity index (χ4v) is 3.40. The number of hydrogen-bond acceptors (Lipinski definition) is 6. The monoisotopic (exact) mass is 399 g/mol. The van der Waals surface area contributed by atoms with Gasteiger partial charge < -0.3 is 11.2 Å². The summed E-state index contributed by atoms with van der Waals surface area (Å²) in [4.78, 5) is 12.6. The van der Waals surface area contributed by atoms with Gasteiger partial charge in [0.2, 0.25) is 11.1 Å². The van der Waals surface area contributed by atoms with E-state index in [1.54, 1.807) is 12.3 Å². The Kier molecular flexibility index (Phi) is 6.03. The number of rotatable bonds is 7. The fourth-order valence-electron chi connectivity index (χ4n) is 2.63. The third kappa shape index (κ3) is 4.19. The van der Waals surface area contributed by atoms with Gasteiger partial charge in [-0.25, -0.2) is 9.36 Å². The Morgan fingerprint density at radius 3 is 2.61 bits per heavy atom. The summed E-state index contributed by atoms with van der Waals surface area (Å²) in [7, 11) is 0. The van der Waals surface area contributed by atoms with Gasteiger partial charge >= 0.3 is 0 Å². The summed E-state index contributed by atoms with van der Waals surface area (Å²) >= 11 is 1.26. The number of thioether (sulfide) groups is 1. The summed E-state index contributed by atoms with van der Waals surface area (Å²) in [5.74, 6) is 7.26. The van der Waals surface area contributed by atoms with E-state index in [9.17, 15) is 4.79 Å². The number of carbonyl (C=O) groups is 1. The highest BCUT2D eigenvalue weighted by molar-refractivity contribution is 8.00. The Hall–Kier alpha value is -2.81. The summed E-state index contributed by atoms with van der Waals surface area (Å²) < 4.78 is 3.23. The summed E-state index contributed by atoms with van der Waals surface area (Å²) in [6.45, 7) is 7.97. The molecule has 0 aliphatic carbocycles. The SMILES string of the molecule is CC[C@H](C)n1nccc1NC(=O)[C@@H](C)Sc1nnc(-c2ccc(C)cc2)n1N. The predicted octanol–water partition coefficient (Wildman–Crippen LogP) is 3.25. The summed E-state index contributed by atoms with van der Waals surface area (Å²) in [5.41, 5.74) is 2.03. The van der Waals surface area contributed by atoms with Crippen LogP contribution in [0.2, 0.25) is 0 Å². The minimum Gasteiger partial charge on any atom is -0.335 e.